The summed E-state index contributed by atoms with van der Waals surface area (Å²) in [7, 11) is 0. The summed E-state index contributed by atoms with van der Waals surface area (Å²) >= 11 is 1.27. The van der Waals surface area contributed by atoms with Gasteiger partial charge in [-0.15, -0.1) is 11.3 Å². The average Bonchev–Trinajstić information content (AvgIpc) is 2.95. The molecule has 3 aromatic rings. The van der Waals surface area contributed by atoms with Crippen LogP contribution in [0.2, 0.25) is 0 Å². The maximum atomic E-state index is 12.2. The SMILES string of the molecule is CCc1ccc(/C=c2/s/c(=C\C(=O)c3ccncc3)[nH]c2=O)cc1. The number of carbonyl (C=O) groups is 1. The summed E-state index contributed by atoms with van der Waals surface area (Å²) in [6.45, 7) is 2.10. The Bertz CT molecular complexity index is 1020. The van der Waals surface area contributed by atoms with Crippen molar-refractivity contribution in [3.8, 4) is 0 Å². The fourth-order valence-electron chi connectivity index (χ4n) is 2.24. The summed E-state index contributed by atoms with van der Waals surface area (Å²) in [4.78, 5) is 30.8. The number of benzene rings is 1. The van der Waals surface area contributed by atoms with Gasteiger partial charge < -0.3 is 4.98 Å². The van der Waals surface area contributed by atoms with Crippen molar-refractivity contribution in [1.82, 2.24) is 9.97 Å². The Kier molecular flexibility index (Phi) is 4.82. The lowest BCUT2D eigenvalue weighted by Gasteiger charge is -1.96. The van der Waals surface area contributed by atoms with Crippen molar-refractivity contribution in [2.45, 2.75) is 13.3 Å². The molecule has 0 bridgehead atoms. The lowest BCUT2D eigenvalue weighted by atomic mass is 10.1. The highest BCUT2D eigenvalue weighted by molar-refractivity contribution is 7.07. The minimum absolute atomic E-state index is 0.159. The molecule has 0 aliphatic rings. The molecular formula is C19H16N2O2S. The second-order valence-electron chi connectivity index (χ2n) is 5.27. The van der Waals surface area contributed by atoms with Crippen molar-refractivity contribution in [1.29, 1.82) is 0 Å². The van der Waals surface area contributed by atoms with Gasteiger partial charge in [-0.05, 0) is 35.8 Å². The van der Waals surface area contributed by atoms with E-state index >= 15 is 0 Å². The zero-order valence-electron chi connectivity index (χ0n) is 13.2. The van der Waals surface area contributed by atoms with Crippen LogP contribution in [0.5, 0.6) is 0 Å². The van der Waals surface area contributed by atoms with Crippen LogP contribution in [0.4, 0.5) is 0 Å². The van der Waals surface area contributed by atoms with Crippen molar-refractivity contribution in [3.63, 3.8) is 0 Å². The highest BCUT2D eigenvalue weighted by atomic mass is 32.1. The number of nitrogens with zero attached hydrogens (tertiary/aromatic N) is 1. The van der Waals surface area contributed by atoms with E-state index in [1.54, 1.807) is 24.5 Å². The normalized spacial score (nSPS) is 12.5. The number of thiazole rings is 1. The van der Waals surface area contributed by atoms with Gasteiger partial charge in [0.25, 0.3) is 5.56 Å². The summed E-state index contributed by atoms with van der Waals surface area (Å²) < 4.78 is 1.12. The number of H-pyrrole nitrogens is 1. The van der Waals surface area contributed by atoms with Gasteiger partial charge in [-0.2, -0.15) is 0 Å². The molecule has 0 aliphatic heterocycles. The van der Waals surface area contributed by atoms with Gasteiger partial charge in [0.1, 0.15) is 0 Å². The Morgan fingerprint density at radius 2 is 1.88 bits per heavy atom. The third-order valence-electron chi connectivity index (χ3n) is 3.59. The van der Waals surface area contributed by atoms with E-state index in [2.05, 4.69) is 16.9 Å². The first-order valence-corrected chi connectivity index (χ1v) is 8.43. The van der Waals surface area contributed by atoms with Crippen LogP contribution < -0.4 is 14.8 Å². The Balaban J connectivity index is 1.95. The molecule has 0 aliphatic carbocycles. The molecule has 0 saturated heterocycles. The van der Waals surface area contributed by atoms with Gasteiger partial charge in [-0.3, -0.25) is 14.6 Å². The molecule has 0 saturated carbocycles. The van der Waals surface area contributed by atoms with Crippen molar-refractivity contribution in [3.05, 3.63) is 85.0 Å². The Morgan fingerprint density at radius 1 is 1.17 bits per heavy atom. The molecule has 0 atom stereocenters. The van der Waals surface area contributed by atoms with Gasteiger partial charge in [-0.25, -0.2) is 0 Å². The monoisotopic (exact) mass is 336 g/mol. The van der Waals surface area contributed by atoms with Gasteiger partial charge in [0.15, 0.2) is 5.78 Å². The molecule has 4 nitrogen and oxygen atoms in total. The van der Waals surface area contributed by atoms with Gasteiger partial charge in [0.2, 0.25) is 0 Å². The molecular weight excluding hydrogens is 320 g/mol. The van der Waals surface area contributed by atoms with E-state index in [1.807, 2.05) is 30.3 Å². The van der Waals surface area contributed by atoms with Gasteiger partial charge in [0, 0.05) is 24.0 Å². The molecule has 24 heavy (non-hydrogen) atoms. The quantitative estimate of drug-likeness (QED) is 0.740. The summed E-state index contributed by atoms with van der Waals surface area (Å²) in [5.74, 6) is -0.159. The molecule has 0 fully saturated rings. The standard InChI is InChI=1S/C19H16N2O2S/c1-2-13-3-5-14(6-4-13)11-17-19(23)21-18(24-17)12-16(22)15-7-9-20-10-8-15/h3-12H,2H2,1H3,(H,21,23)/b17-11+,18-12-. The number of aryl methyl sites for hydroxylation is 1. The maximum Gasteiger partial charge on any atom is 0.266 e. The molecule has 1 N–H and O–H groups in total. The topological polar surface area (TPSA) is 62.8 Å². The second kappa shape index (κ2) is 7.19. The molecule has 0 spiro atoms. The Morgan fingerprint density at radius 3 is 2.54 bits per heavy atom. The maximum absolute atomic E-state index is 12.2. The summed E-state index contributed by atoms with van der Waals surface area (Å²) in [6.07, 6.45) is 7.39. The zero-order valence-corrected chi connectivity index (χ0v) is 14.0. The van der Waals surface area contributed by atoms with Crippen LogP contribution in [0.25, 0.3) is 12.2 Å². The molecule has 2 heterocycles. The summed E-state index contributed by atoms with van der Waals surface area (Å²) in [5, 5.41) is 0. The third kappa shape index (κ3) is 3.75. The van der Waals surface area contributed by atoms with Crippen LogP contribution in [0, 0.1) is 0 Å². The summed E-state index contributed by atoms with van der Waals surface area (Å²) in [5.41, 5.74) is 2.57. The number of ketones is 1. The van der Waals surface area contributed by atoms with E-state index in [0.717, 1.165) is 12.0 Å². The fraction of sp³-hybridized carbons (Fsp3) is 0.105. The molecule has 0 radical (unpaired) electrons. The lowest BCUT2D eigenvalue weighted by Crippen LogP contribution is -2.20. The highest BCUT2D eigenvalue weighted by Crippen LogP contribution is 2.05. The average molecular weight is 336 g/mol. The van der Waals surface area contributed by atoms with Crippen LogP contribution in [-0.4, -0.2) is 15.8 Å². The van der Waals surface area contributed by atoms with Crippen LogP contribution in [-0.2, 0) is 6.42 Å². The molecule has 120 valence electrons. The van der Waals surface area contributed by atoms with E-state index < -0.39 is 0 Å². The minimum Gasteiger partial charge on any atom is -0.313 e. The van der Waals surface area contributed by atoms with Crippen LogP contribution in [0.3, 0.4) is 0 Å². The highest BCUT2D eigenvalue weighted by Gasteiger charge is 2.02. The molecule has 3 rings (SSSR count). The predicted molar refractivity (Wildman–Crippen MR) is 96.6 cm³/mol. The minimum atomic E-state index is -0.187. The van der Waals surface area contributed by atoms with E-state index in [0.29, 0.717) is 14.8 Å². The van der Waals surface area contributed by atoms with Crippen LogP contribution in [0.15, 0.2) is 53.6 Å². The molecule has 0 amide bonds. The second-order valence-corrected chi connectivity index (χ2v) is 6.35. The molecule has 2 aromatic heterocycles. The number of hydrogen-bond donors (Lipinski definition) is 1. The van der Waals surface area contributed by atoms with Gasteiger partial charge in [-0.1, -0.05) is 31.2 Å². The number of Topliss-reactive ketones (excluding diaryl/α,β-unsaturated/α-hetero) is 1. The number of hydrogen-bond acceptors (Lipinski definition) is 4. The first-order chi connectivity index (χ1) is 11.7. The first-order valence-electron chi connectivity index (χ1n) is 7.61. The summed E-state index contributed by atoms with van der Waals surface area (Å²) in [6, 6.07) is 11.4. The largest absolute Gasteiger partial charge is 0.313 e. The zero-order chi connectivity index (χ0) is 16.9. The van der Waals surface area contributed by atoms with Gasteiger partial charge >= 0.3 is 0 Å². The number of pyridine rings is 1. The van der Waals surface area contributed by atoms with Crippen molar-refractivity contribution in [2.24, 2.45) is 0 Å². The molecule has 5 heteroatoms. The lowest BCUT2D eigenvalue weighted by molar-refractivity contribution is 0.106. The Labute approximate surface area is 142 Å². The smallest absolute Gasteiger partial charge is 0.266 e. The first kappa shape index (κ1) is 16.1. The fourth-order valence-corrected chi connectivity index (χ4v) is 3.13. The van der Waals surface area contributed by atoms with Crippen LogP contribution in [0.1, 0.15) is 28.4 Å². The van der Waals surface area contributed by atoms with Gasteiger partial charge in [0.05, 0.1) is 9.20 Å². The van der Waals surface area contributed by atoms with E-state index in [-0.39, 0.29) is 11.3 Å². The third-order valence-corrected chi connectivity index (χ3v) is 4.56. The van der Waals surface area contributed by atoms with Crippen molar-refractivity contribution in [2.75, 3.05) is 0 Å². The van der Waals surface area contributed by atoms with E-state index in [4.69, 9.17) is 0 Å². The van der Waals surface area contributed by atoms with Crippen molar-refractivity contribution >= 4 is 29.3 Å². The number of rotatable bonds is 4. The number of nitrogens with one attached hydrogen (secondary N) is 1. The van der Waals surface area contributed by atoms with E-state index in [9.17, 15) is 9.59 Å². The van der Waals surface area contributed by atoms with E-state index in [1.165, 1.54) is 23.0 Å². The number of aromatic nitrogens is 2. The van der Waals surface area contributed by atoms with Crippen molar-refractivity contribution < 1.29 is 4.79 Å². The Hall–Kier alpha value is -2.79. The number of carbonyl (C=O) groups excluding carboxylic acids is 1. The molecule has 0 unspecified atom stereocenters. The molecule has 1 aromatic carbocycles. The number of aromatic amines is 1. The van der Waals surface area contributed by atoms with Crippen LogP contribution >= 0.6 is 11.3 Å². The predicted octanol–water partition coefficient (Wildman–Crippen LogP) is 1.89.